The minimum Gasteiger partial charge on any atom is -0.450 e. The molecule has 4 aromatic rings. The molecule has 1 N–H and O–H groups in total. The number of furan rings is 1. The number of hydrogen-bond acceptors (Lipinski definition) is 6. The molecule has 1 amide bonds. The van der Waals surface area contributed by atoms with Gasteiger partial charge in [-0.3, -0.25) is 14.5 Å². The van der Waals surface area contributed by atoms with E-state index in [9.17, 15) is 18.0 Å². The van der Waals surface area contributed by atoms with Gasteiger partial charge in [-0.25, -0.2) is 0 Å². The van der Waals surface area contributed by atoms with Gasteiger partial charge in [-0.1, -0.05) is 6.07 Å². The van der Waals surface area contributed by atoms with E-state index in [2.05, 4.69) is 15.4 Å². The lowest BCUT2D eigenvalue weighted by Gasteiger charge is -2.22. The van der Waals surface area contributed by atoms with Gasteiger partial charge in [-0.2, -0.15) is 18.3 Å². The number of amides is 1. The lowest BCUT2D eigenvalue weighted by Crippen LogP contribution is -2.40. The number of aromatic nitrogens is 3. The summed E-state index contributed by atoms with van der Waals surface area (Å²) in [6.45, 7) is 5.00. The summed E-state index contributed by atoms with van der Waals surface area (Å²) in [5, 5.41) is 7.21. The number of nitrogens with zero attached hydrogens (tertiary/aromatic N) is 3. The van der Waals surface area contributed by atoms with Gasteiger partial charge in [0.15, 0.2) is 0 Å². The Morgan fingerprint density at radius 2 is 2.09 bits per heavy atom. The predicted molar refractivity (Wildman–Crippen MR) is 120 cm³/mol. The van der Waals surface area contributed by atoms with Gasteiger partial charge in [0.05, 0.1) is 43.5 Å². The molecular formula is C24H23F3N4O4. The molecule has 1 aliphatic heterocycles. The van der Waals surface area contributed by atoms with E-state index >= 15 is 0 Å². The Labute approximate surface area is 198 Å². The van der Waals surface area contributed by atoms with Crippen LogP contribution in [-0.2, 0) is 22.2 Å². The van der Waals surface area contributed by atoms with Crippen LogP contribution in [0.1, 0.15) is 32.9 Å². The fraction of sp³-hybridized carbons (Fsp3) is 0.375. The third-order valence-corrected chi connectivity index (χ3v) is 5.87. The van der Waals surface area contributed by atoms with Crippen molar-refractivity contribution in [1.29, 1.82) is 0 Å². The summed E-state index contributed by atoms with van der Waals surface area (Å²) >= 11 is 0. The Hall–Kier alpha value is -3.44. The highest BCUT2D eigenvalue weighted by atomic mass is 19.4. The molecule has 1 fully saturated rings. The largest absolute Gasteiger partial charge is 0.450 e. The van der Waals surface area contributed by atoms with Crippen LogP contribution >= 0.6 is 0 Å². The Bertz CT molecular complexity index is 1390. The van der Waals surface area contributed by atoms with Crippen LogP contribution in [0.2, 0.25) is 0 Å². The minimum absolute atomic E-state index is 0.000207. The van der Waals surface area contributed by atoms with Crippen LogP contribution in [0, 0.1) is 13.8 Å². The average molecular weight is 488 g/mol. The number of aryl methyl sites for hydroxylation is 2. The first kappa shape index (κ1) is 23.3. The predicted octanol–water partition coefficient (Wildman–Crippen LogP) is 4.01. The van der Waals surface area contributed by atoms with Gasteiger partial charge in [0.1, 0.15) is 16.7 Å². The Morgan fingerprint density at radius 3 is 2.77 bits per heavy atom. The van der Waals surface area contributed by atoms with E-state index in [4.69, 9.17) is 13.9 Å². The number of nitrogens with one attached hydrogen (secondary N) is 1. The van der Waals surface area contributed by atoms with E-state index in [1.54, 1.807) is 24.0 Å². The summed E-state index contributed by atoms with van der Waals surface area (Å²) in [7, 11) is 0. The van der Waals surface area contributed by atoms with Crippen LogP contribution in [0.3, 0.4) is 0 Å². The molecule has 184 valence electrons. The Kier molecular flexibility index (Phi) is 5.97. The molecule has 0 bridgehead atoms. The van der Waals surface area contributed by atoms with Crippen molar-refractivity contribution in [2.24, 2.45) is 0 Å². The summed E-state index contributed by atoms with van der Waals surface area (Å²) < 4.78 is 60.5. The Morgan fingerprint density at radius 1 is 1.26 bits per heavy atom. The third kappa shape index (κ3) is 4.61. The van der Waals surface area contributed by atoms with Gasteiger partial charge in [0, 0.05) is 24.3 Å². The van der Waals surface area contributed by atoms with E-state index in [1.807, 2.05) is 19.1 Å². The van der Waals surface area contributed by atoms with Crippen molar-refractivity contribution in [2.75, 3.05) is 26.4 Å². The molecule has 11 heteroatoms. The second-order valence-electron chi connectivity index (χ2n) is 8.56. The number of halogens is 3. The van der Waals surface area contributed by atoms with Crippen molar-refractivity contribution in [2.45, 2.75) is 32.7 Å². The molecule has 1 saturated heterocycles. The highest BCUT2D eigenvalue weighted by Crippen LogP contribution is 2.42. The molecule has 4 heterocycles. The second kappa shape index (κ2) is 8.97. The molecule has 0 unspecified atom stereocenters. The molecule has 0 aliphatic carbocycles. The van der Waals surface area contributed by atoms with E-state index in [0.717, 1.165) is 11.3 Å². The number of rotatable bonds is 5. The molecule has 3 aromatic heterocycles. The smallest absolute Gasteiger partial charge is 0.421 e. The number of carbonyl (C=O) groups excluding carboxylic acids is 1. The topological polar surface area (TPSA) is 91.4 Å². The van der Waals surface area contributed by atoms with Crippen LogP contribution < -0.4 is 5.32 Å². The van der Waals surface area contributed by atoms with Crippen LogP contribution in [0.4, 0.5) is 13.2 Å². The number of alkyl halides is 3. The van der Waals surface area contributed by atoms with Crippen molar-refractivity contribution < 1.29 is 31.9 Å². The molecule has 35 heavy (non-hydrogen) atoms. The normalized spacial score (nSPS) is 16.8. The summed E-state index contributed by atoms with van der Waals surface area (Å²) in [6.07, 6.45) is -1.88. The molecule has 0 radical (unpaired) electrons. The van der Waals surface area contributed by atoms with Gasteiger partial charge in [0.2, 0.25) is 5.76 Å². The van der Waals surface area contributed by atoms with E-state index in [0.29, 0.717) is 24.2 Å². The van der Waals surface area contributed by atoms with E-state index in [-0.39, 0.29) is 36.2 Å². The second-order valence-corrected chi connectivity index (χ2v) is 8.56. The molecule has 1 aliphatic rings. The van der Waals surface area contributed by atoms with Crippen LogP contribution in [0.25, 0.3) is 21.9 Å². The van der Waals surface area contributed by atoms with Gasteiger partial charge >= 0.3 is 6.18 Å². The number of benzene rings is 1. The SMILES string of the molecule is Cc1ccc(Cn2cc3c(C)cc4oc(C(=O)NC[C@@H]5COCCO5)c(C(F)(F)F)c4c3n2)nc1. The standard InChI is InChI=1S/C24H23F3N4O4/c1-13-3-4-15(28-8-13)10-31-11-17-14(2)7-18-19(21(17)30-31)20(24(25,26)27)22(35-18)23(32)29-9-16-12-33-5-6-34-16/h3-4,7-8,11,16H,5-6,9-10,12H2,1-2H3,(H,29,32)/t16-/m1/s1. The van der Waals surface area contributed by atoms with Crippen LogP contribution in [0.5, 0.6) is 0 Å². The number of fused-ring (bicyclic) bond motifs is 3. The van der Waals surface area contributed by atoms with Gasteiger partial charge in [-0.15, -0.1) is 0 Å². The highest BCUT2D eigenvalue weighted by Gasteiger charge is 2.42. The zero-order valence-electron chi connectivity index (χ0n) is 19.1. The fourth-order valence-corrected chi connectivity index (χ4v) is 4.17. The lowest BCUT2D eigenvalue weighted by atomic mass is 10.0. The van der Waals surface area contributed by atoms with Crippen molar-refractivity contribution in [3.05, 3.63) is 58.7 Å². The van der Waals surface area contributed by atoms with Crippen molar-refractivity contribution in [1.82, 2.24) is 20.1 Å². The quantitative estimate of drug-likeness (QED) is 0.457. The molecule has 8 nitrogen and oxygen atoms in total. The first-order chi connectivity index (χ1) is 16.7. The summed E-state index contributed by atoms with van der Waals surface area (Å²) in [5.41, 5.74) is 1.31. The van der Waals surface area contributed by atoms with Crippen molar-refractivity contribution in [3.63, 3.8) is 0 Å². The van der Waals surface area contributed by atoms with Crippen LogP contribution in [0.15, 0.2) is 35.0 Å². The molecule has 5 rings (SSSR count). The van der Waals surface area contributed by atoms with Gasteiger partial charge < -0.3 is 19.2 Å². The van der Waals surface area contributed by atoms with Gasteiger partial charge in [-0.05, 0) is 37.1 Å². The van der Waals surface area contributed by atoms with Gasteiger partial charge in [0.25, 0.3) is 5.91 Å². The first-order valence-corrected chi connectivity index (χ1v) is 11.1. The van der Waals surface area contributed by atoms with E-state index in [1.165, 1.54) is 6.07 Å². The van der Waals surface area contributed by atoms with E-state index < -0.39 is 29.5 Å². The molecule has 1 atom stereocenters. The first-order valence-electron chi connectivity index (χ1n) is 11.1. The maximum atomic E-state index is 14.3. The monoisotopic (exact) mass is 488 g/mol. The summed E-state index contributed by atoms with van der Waals surface area (Å²) in [5.74, 6) is -1.78. The maximum Gasteiger partial charge on any atom is 0.421 e. The lowest BCUT2D eigenvalue weighted by molar-refractivity contribution is -0.137. The maximum absolute atomic E-state index is 14.3. The minimum atomic E-state index is -4.84. The van der Waals surface area contributed by atoms with Crippen molar-refractivity contribution in [3.8, 4) is 0 Å². The fourth-order valence-electron chi connectivity index (χ4n) is 4.17. The Balaban J connectivity index is 1.56. The molecular weight excluding hydrogens is 465 g/mol. The van der Waals surface area contributed by atoms with Crippen molar-refractivity contribution >= 4 is 27.8 Å². The van der Waals surface area contributed by atoms with Crippen LogP contribution in [-0.4, -0.2) is 53.1 Å². The number of carbonyl (C=O) groups is 1. The summed E-state index contributed by atoms with van der Waals surface area (Å²) in [4.78, 5) is 17.1. The highest BCUT2D eigenvalue weighted by molar-refractivity contribution is 6.10. The molecule has 0 saturated carbocycles. The zero-order chi connectivity index (χ0) is 24.7. The number of hydrogen-bond donors (Lipinski definition) is 1. The molecule has 0 spiro atoms. The molecule has 1 aromatic carbocycles. The average Bonchev–Trinajstić information content (AvgIpc) is 3.41. The zero-order valence-corrected chi connectivity index (χ0v) is 19.1. The third-order valence-electron chi connectivity index (χ3n) is 5.87. The number of ether oxygens (including phenoxy) is 2. The number of pyridine rings is 1. The summed E-state index contributed by atoms with van der Waals surface area (Å²) in [6, 6.07) is 5.24.